The minimum atomic E-state index is -4.69. The maximum absolute atomic E-state index is 13.2. The third kappa shape index (κ3) is 4.64. The highest BCUT2D eigenvalue weighted by atomic mass is 19.4. The first-order chi connectivity index (χ1) is 13.2. The molecule has 0 unspecified atom stereocenters. The summed E-state index contributed by atoms with van der Waals surface area (Å²) in [5.74, 6) is -0.0999. The lowest BCUT2D eigenvalue weighted by atomic mass is 10.1. The second-order valence-corrected chi connectivity index (χ2v) is 6.58. The van der Waals surface area contributed by atoms with E-state index >= 15 is 0 Å². The van der Waals surface area contributed by atoms with Crippen LogP contribution in [0.4, 0.5) is 13.2 Å². The Morgan fingerprint density at radius 1 is 1.11 bits per heavy atom. The first-order valence-corrected chi connectivity index (χ1v) is 8.60. The lowest BCUT2D eigenvalue weighted by molar-refractivity contribution is -0.141. The van der Waals surface area contributed by atoms with Crippen molar-refractivity contribution in [2.24, 2.45) is 0 Å². The molecular weight excluding hydrogens is 369 g/mol. The van der Waals surface area contributed by atoms with Crippen molar-refractivity contribution in [3.05, 3.63) is 81.5 Å². The molecule has 0 fully saturated rings. The number of halogens is 3. The average Bonchev–Trinajstić information content (AvgIpc) is 2.64. The van der Waals surface area contributed by atoms with Crippen LogP contribution in [0.3, 0.4) is 0 Å². The smallest absolute Gasteiger partial charge is 0.306 e. The molecule has 28 heavy (non-hydrogen) atoms. The number of benzene rings is 1. The van der Waals surface area contributed by atoms with Crippen LogP contribution in [0.25, 0.3) is 11.4 Å². The van der Waals surface area contributed by atoms with E-state index in [1.54, 1.807) is 24.4 Å². The highest BCUT2D eigenvalue weighted by Crippen LogP contribution is 2.30. The topological polar surface area (TPSA) is 61.9 Å². The second kappa shape index (κ2) is 7.93. The van der Waals surface area contributed by atoms with Gasteiger partial charge in [-0.1, -0.05) is 24.3 Å². The average molecular weight is 388 g/mol. The Hall–Kier alpha value is -3.00. The predicted molar refractivity (Wildman–Crippen MR) is 99.4 cm³/mol. The number of aromatic nitrogens is 3. The van der Waals surface area contributed by atoms with Crippen LogP contribution >= 0.6 is 0 Å². The van der Waals surface area contributed by atoms with E-state index in [0.717, 1.165) is 18.2 Å². The minimum Gasteiger partial charge on any atom is -0.306 e. The van der Waals surface area contributed by atoms with Crippen LogP contribution in [-0.4, -0.2) is 26.9 Å². The molecule has 0 aliphatic carbocycles. The molecule has 146 valence electrons. The van der Waals surface area contributed by atoms with Gasteiger partial charge in [0.1, 0.15) is 5.82 Å². The number of aromatic amines is 1. The molecule has 0 aliphatic rings. The van der Waals surface area contributed by atoms with E-state index in [1.165, 1.54) is 0 Å². The molecule has 8 heteroatoms. The lowest BCUT2D eigenvalue weighted by Gasteiger charge is -2.17. The summed E-state index contributed by atoms with van der Waals surface area (Å²) in [6.07, 6.45) is -2.96. The second-order valence-electron chi connectivity index (χ2n) is 6.58. The summed E-state index contributed by atoms with van der Waals surface area (Å²) in [7, 11) is 1.93. The first kappa shape index (κ1) is 19.8. The van der Waals surface area contributed by atoms with E-state index < -0.39 is 23.0 Å². The van der Waals surface area contributed by atoms with Crippen molar-refractivity contribution in [3.8, 4) is 11.4 Å². The fraction of sp³-hybridized carbons (Fsp3) is 0.250. The number of rotatable bonds is 5. The third-order valence-electron chi connectivity index (χ3n) is 4.23. The molecule has 3 rings (SSSR count). The molecule has 0 radical (unpaired) electrons. The van der Waals surface area contributed by atoms with Gasteiger partial charge in [0.2, 0.25) is 0 Å². The molecule has 0 aliphatic heterocycles. The highest BCUT2D eigenvalue weighted by Gasteiger charge is 2.36. The van der Waals surface area contributed by atoms with Crippen LogP contribution < -0.4 is 5.56 Å². The van der Waals surface area contributed by atoms with Crippen molar-refractivity contribution in [2.75, 3.05) is 7.05 Å². The predicted octanol–water partition coefficient (Wildman–Crippen LogP) is 3.79. The van der Waals surface area contributed by atoms with E-state index in [2.05, 4.69) is 15.0 Å². The van der Waals surface area contributed by atoms with Gasteiger partial charge in [-0.15, -0.1) is 0 Å². The zero-order valence-electron chi connectivity index (χ0n) is 15.4. The van der Waals surface area contributed by atoms with Gasteiger partial charge >= 0.3 is 6.18 Å². The van der Waals surface area contributed by atoms with E-state index in [-0.39, 0.29) is 5.82 Å². The van der Waals surface area contributed by atoms with Crippen LogP contribution in [0.15, 0.2) is 53.5 Å². The van der Waals surface area contributed by atoms with Gasteiger partial charge in [0.05, 0.1) is 5.69 Å². The Labute approximate surface area is 159 Å². The molecule has 3 aromatic rings. The largest absolute Gasteiger partial charge is 0.433 e. The van der Waals surface area contributed by atoms with Crippen LogP contribution in [0.5, 0.6) is 0 Å². The van der Waals surface area contributed by atoms with E-state index in [9.17, 15) is 18.0 Å². The minimum absolute atomic E-state index is 0.0999. The Bertz CT molecular complexity index is 1020. The van der Waals surface area contributed by atoms with Crippen LogP contribution in [0, 0.1) is 6.92 Å². The first-order valence-electron chi connectivity index (χ1n) is 8.60. The molecule has 1 aromatic carbocycles. The number of pyridine rings is 1. The van der Waals surface area contributed by atoms with E-state index in [0.29, 0.717) is 18.7 Å². The maximum atomic E-state index is 13.2. The summed E-state index contributed by atoms with van der Waals surface area (Å²) in [6, 6.07) is 12.6. The Kier molecular flexibility index (Phi) is 5.60. The molecule has 2 heterocycles. The number of nitrogens with zero attached hydrogens (tertiary/aromatic N) is 3. The fourth-order valence-electron chi connectivity index (χ4n) is 2.90. The molecule has 0 saturated carbocycles. The molecule has 2 aromatic heterocycles. The Morgan fingerprint density at radius 2 is 1.89 bits per heavy atom. The number of H-pyrrole nitrogens is 1. The van der Waals surface area contributed by atoms with E-state index in [1.807, 2.05) is 36.2 Å². The zero-order chi connectivity index (χ0) is 20.3. The van der Waals surface area contributed by atoms with Crippen molar-refractivity contribution in [3.63, 3.8) is 0 Å². The Morgan fingerprint density at radius 3 is 2.57 bits per heavy atom. The van der Waals surface area contributed by atoms with Gasteiger partial charge in [0.15, 0.2) is 5.69 Å². The zero-order valence-corrected chi connectivity index (χ0v) is 15.4. The number of alkyl halides is 3. The molecule has 0 spiro atoms. The van der Waals surface area contributed by atoms with Gasteiger partial charge in [-0.25, -0.2) is 4.98 Å². The van der Waals surface area contributed by atoms with Crippen LogP contribution in [0.1, 0.15) is 22.5 Å². The highest BCUT2D eigenvalue weighted by molar-refractivity contribution is 5.56. The van der Waals surface area contributed by atoms with Gasteiger partial charge in [-0.2, -0.15) is 13.2 Å². The van der Waals surface area contributed by atoms with Crippen molar-refractivity contribution in [1.29, 1.82) is 0 Å². The molecule has 0 saturated heterocycles. The van der Waals surface area contributed by atoms with Gasteiger partial charge in [0.25, 0.3) is 5.56 Å². The number of hydrogen-bond donors (Lipinski definition) is 1. The standard InChI is InChI=1S/C20H19F3N4O/c1-13-17(20(21,22)23)25-18(26-19(13)28)15-7-5-6-14(10-15)11-27(2)12-16-8-3-4-9-24-16/h3-10H,11-12H2,1-2H3,(H,25,26,28). The normalized spacial score (nSPS) is 11.8. The summed E-state index contributed by atoms with van der Waals surface area (Å²) >= 11 is 0. The van der Waals surface area contributed by atoms with Crippen LogP contribution in [-0.2, 0) is 19.3 Å². The van der Waals surface area contributed by atoms with Gasteiger partial charge in [-0.05, 0) is 37.7 Å². The van der Waals surface area contributed by atoms with Crippen LogP contribution in [0.2, 0.25) is 0 Å². The van der Waals surface area contributed by atoms with Gasteiger partial charge in [0, 0.05) is 30.4 Å². The monoisotopic (exact) mass is 388 g/mol. The summed E-state index contributed by atoms with van der Waals surface area (Å²) < 4.78 is 39.5. The summed E-state index contributed by atoms with van der Waals surface area (Å²) in [5.41, 5.74) is -0.180. The van der Waals surface area contributed by atoms with Crippen molar-refractivity contribution >= 4 is 0 Å². The van der Waals surface area contributed by atoms with Crippen molar-refractivity contribution < 1.29 is 13.2 Å². The SMILES string of the molecule is Cc1c(C(F)(F)F)nc(-c2cccc(CN(C)Cc3ccccn3)c2)[nH]c1=O. The maximum Gasteiger partial charge on any atom is 0.433 e. The number of nitrogens with one attached hydrogen (secondary N) is 1. The molecule has 1 N–H and O–H groups in total. The van der Waals surface area contributed by atoms with Gasteiger partial charge in [-0.3, -0.25) is 14.7 Å². The summed E-state index contributed by atoms with van der Waals surface area (Å²) in [6.45, 7) is 2.30. The molecule has 5 nitrogen and oxygen atoms in total. The van der Waals surface area contributed by atoms with Crippen molar-refractivity contribution in [2.45, 2.75) is 26.2 Å². The van der Waals surface area contributed by atoms with Crippen molar-refractivity contribution in [1.82, 2.24) is 19.9 Å². The molecule has 0 atom stereocenters. The number of hydrogen-bond acceptors (Lipinski definition) is 4. The fourth-order valence-corrected chi connectivity index (χ4v) is 2.90. The van der Waals surface area contributed by atoms with E-state index in [4.69, 9.17) is 0 Å². The summed E-state index contributed by atoms with van der Waals surface area (Å²) in [4.78, 5) is 24.3. The molecule has 0 amide bonds. The summed E-state index contributed by atoms with van der Waals surface area (Å²) in [5, 5.41) is 0. The lowest BCUT2D eigenvalue weighted by Crippen LogP contribution is -2.22. The molecule has 0 bridgehead atoms. The Balaban J connectivity index is 1.85. The molecular formula is C20H19F3N4O. The quantitative estimate of drug-likeness (QED) is 0.722. The van der Waals surface area contributed by atoms with Gasteiger partial charge < -0.3 is 4.98 Å². The third-order valence-corrected chi connectivity index (χ3v) is 4.23.